The van der Waals surface area contributed by atoms with Gasteiger partial charge in [0.05, 0.1) is 11.0 Å². The van der Waals surface area contributed by atoms with Crippen molar-refractivity contribution in [2.24, 2.45) is 0 Å². The molecule has 0 unspecified atom stereocenters. The standard InChI is InChI=1S/C34H24N2/c1-34(2)28-13-7-5-11-24(28)26-17-15-21-16-18-27-25-12-6-8-14-29(25)36(33(27)31(21)32(26)34)30-19-22-9-3-4-10-23(22)20-35-30/h3-20H,1-2H3. The van der Waals surface area contributed by atoms with Crippen LogP contribution in [-0.2, 0) is 5.41 Å². The number of rotatable bonds is 1. The molecule has 0 atom stereocenters. The second-order valence-corrected chi connectivity index (χ2v) is 10.5. The predicted octanol–water partition coefficient (Wildman–Crippen LogP) is 8.79. The predicted molar refractivity (Wildman–Crippen MR) is 151 cm³/mol. The first-order chi connectivity index (χ1) is 17.6. The maximum atomic E-state index is 4.99. The molecular weight excluding hydrogens is 436 g/mol. The molecule has 5 aromatic carbocycles. The Morgan fingerprint density at radius 3 is 2.31 bits per heavy atom. The van der Waals surface area contributed by atoms with Gasteiger partial charge in [-0.15, -0.1) is 0 Å². The molecule has 0 radical (unpaired) electrons. The lowest BCUT2D eigenvalue weighted by Crippen LogP contribution is -2.15. The quantitative estimate of drug-likeness (QED) is 0.239. The molecule has 7 aromatic rings. The summed E-state index contributed by atoms with van der Waals surface area (Å²) in [5.74, 6) is 0.957. The molecule has 2 heterocycles. The monoisotopic (exact) mass is 460 g/mol. The smallest absolute Gasteiger partial charge is 0.138 e. The zero-order valence-corrected chi connectivity index (χ0v) is 20.3. The Labute approximate surface area is 209 Å². The van der Waals surface area contributed by atoms with Gasteiger partial charge in [-0.1, -0.05) is 105 Å². The van der Waals surface area contributed by atoms with Gasteiger partial charge in [0, 0.05) is 33.2 Å². The first kappa shape index (κ1) is 19.8. The summed E-state index contributed by atoms with van der Waals surface area (Å²) < 4.78 is 2.39. The summed E-state index contributed by atoms with van der Waals surface area (Å²) in [4.78, 5) is 4.99. The number of para-hydroxylation sites is 1. The van der Waals surface area contributed by atoms with E-state index in [1.807, 2.05) is 6.20 Å². The summed E-state index contributed by atoms with van der Waals surface area (Å²) in [6.07, 6.45) is 2.00. The van der Waals surface area contributed by atoms with Gasteiger partial charge in [0.2, 0.25) is 0 Å². The van der Waals surface area contributed by atoms with E-state index in [0.717, 1.165) is 11.2 Å². The van der Waals surface area contributed by atoms with E-state index in [-0.39, 0.29) is 5.41 Å². The van der Waals surface area contributed by atoms with Crippen molar-refractivity contribution in [3.63, 3.8) is 0 Å². The zero-order valence-electron chi connectivity index (χ0n) is 20.3. The lowest BCUT2D eigenvalue weighted by molar-refractivity contribution is 0.666. The fraction of sp³-hybridized carbons (Fsp3) is 0.0882. The van der Waals surface area contributed by atoms with Gasteiger partial charge in [0.15, 0.2) is 0 Å². The highest BCUT2D eigenvalue weighted by atomic mass is 15.1. The van der Waals surface area contributed by atoms with Crippen LogP contribution in [0.2, 0.25) is 0 Å². The summed E-state index contributed by atoms with van der Waals surface area (Å²) in [6, 6.07) is 37.5. The molecule has 0 fully saturated rings. The molecule has 36 heavy (non-hydrogen) atoms. The van der Waals surface area contributed by atoms with Gasteiger partial charge in [-0.3, -0.25) is 4.57 Å². The van der Waals surface area contributed by atoms with E-state index in [4.69, 9.17) is 4.98 Å². The average molecular weight is 461 g/mol. The number of hydrogen-bond acceptors (Lipinski definition) is 1. The number of nitrogens with zero attached hydrogens (tertiary/aromatic N) is 2. The lowest BCUT2D eigenvalue weighted by atomic mass is 9.80. The number of fused-ring (bicyclic) bond motifs is 10. The minimum Gasteiger partial charge on any atom is -0.293 e. The lowest BCUT2D eigenvalue weighted by Gasteiger charge is -2.24. The van der Waals surface area contributed by atoms with E-state index in [1.165, 1.54) is 60.2 Å². The van der Waals surface area contributed by atoms with Crippen molar-refractivity contribution in [3.8, 4) is 16.9 Å². The van der Waals surface area contributed by atoms with E-state index in [0.29, 0.717) is 0 Å². The van der Waals surface area contributed by atoms with Gasteiger partial charge in [-0.05, 0) is 45.2 Å². The van der Waals surface area contributed by atoms with Crippen LogP contribution in [0.1, 0.15) is 25.0 Å². The van der Waals surface area contributed by atoms with Crippen LogP contribution in [0.15, 0.2) is 109 Å². The third-order valence-corrected chi connectivity index (χ3v) is 8.18. The van der Waals surface area contributed by atoms with Gasteiger partial charge in [-0.25, -0.2) is 4.98 Å². The Hall–Kier alpha value is -4.43. The summed E-state index contributed by atoms with van der Waals surface area (Å²) in [6.45, 7) is 4.74. The molecule has 0 N–H and O–H groups in total. The Bertz CT molecular complexity index is 2020. The first-order valence-electron chi connectivity index (χ1n) is 12.6. The van der Waals surface area contributed by atoms with E-state index >= 15 is 0 Å². The van der Waals surface area contributed by atoms with Crippen molar-refractivity contribution in [2.75, 3.05) is 0 Å². The van der Waals surface area contributed by atoms with Gasteiger partial charge in [0.1, 0.15) is 5.82 Å². The number of hydrogen-bond donors (Lipinski definition) is 0. The minimum absolute atomic E-state index is 0.0994. The van der Waals surface area contributed by atoms with Crippen LogP contribution in [0.4, 0.5) is 0 Å². The second kappa shape index (κ2) is 6.83. The SMILES string of the molecule is CC1(C)c2ccccc2-c2ccc3ccc4c5ccccc5n(-c5cc6ccccc6cn5)c4c3c21. The third kappa shape index (κ3) is 2.43. The molecule has 0 aliphatic heterocycles. The van der Waals surface area contributed by atoms with Crippen molar-refractivity contribution in [3.05, 3.63) is 120 Å². The number of pyridine rings is 1. The van der Waals surface area contributed by atoms with Gasteiger partial charge in [0.25, 0.3) is 0 Å². The van der Waals surface area contributed by atoms with E-state index < -0.39 is 0 Å². The molecule has 0 bridgehead atoms. The van der Waals surface area contributed by atoms with E-state index in [2.05, 4.69) is 122 Å². The van der Waals surface area contributed by atoms with Gasteiger partial charge in [-0.2, -0.15) is 0 Å². The molecule has 0 amide bonds. The molecule has 0 saturated carbocycles. The van der Waals surface area contributed by atoms with E-state index in [1.54, 1.807) is 0 Å². The fourth-order valence-electron chi connectivity index (χ4n) is 6.57. The molecule has 2 aromatic heterocycles. The van der Waals surface area contributed by atoms with Crippen LogP contribution >= 0.6 is 0 Å². The summed E-state index contributed by atoms with van der Waals surface area (Å²) in [7, 11) is 0. The molecule has 170 valence electrons. The van der Waals surface area contributed by atoms with Crippen LogP contribution in [-0.4, -0.2) is 9.55 Å². The highest BCUT2D eigenvalue weighted by Gasteiger charge is 2.37. The molecule has 2 heteroatoms. The zero-order chi connectivity index (χ0) is 24.0. The topological polar surface area (TPSA) is 17.8 Å². The molecule has 2 nitrogen and oxygen atoms in total. The van der Waals surface area contributed by atoms with E-state index in [9.17, 15) is 0 Å². The van der Waals surface area contributed by atoms with Crippen LogP contribution in [0.5, 0.6) is 0 Å². The van der Waals surface area contributed by atoms with Crippen molar-refractivity contribution >= 4 is 43.4 Å². The maximum Gasteiger partial charge on any atom is 0.138 e. The minimum atomic E-state index is -0.0994. The fourth-order valence-corrected chi connectivity index (χ4v) is 6.57. The largest absolute Gasteiger partial charge is 0.293 e. The van der Waals surface area contributed by atoms with Crippen LogP contribution in [0.3, 0.4) is 0 Å². The molecule has 0 spiro atoms. The third-order valence-electron chi connectivity index (χ3n) is 8.18. The van der Waals surface area contributed by atoms with Crippen molar-refractivity contribution < 1.29 is 0 Å². The molecular formula is C34H24N2. The Morgan fingerprint density at radius 2 is 1.39 bits per heavy atom. The van der Waals surface area contributed by atoms with Gasteiger partial charge < -0.3 is 0 Å². The van der Waals surface area contributed by atoms with Crippen LogP contribution in [0, 0.1) is 0 Å². The summed E-state index contributed by atoms with van der Waals surface area (Å²) >= 11 is 0. The molecule has 1 aliphatic rings. The van der Waals surface area contributed by atoms with Crippen molar-refractivity contribution in [1.82, 2.24) is 9.55 Å². The maximum absolute atomic E-state index is 4.99. The van der Waals surface area contributed by atoms with Crippen LogP contribution < -0.4 is 0 Å². The molecule has 1 aliphatic carbocycles. The summed E-state index contributed by atoms with van der Waals surface area (Å²) in [5, 5.41) is 7.49. The Balaban J connectivity index is 1.60. The molecule has 0 saturated heterocycles. The summed E-state index contributed by atoms with van der Waals surface area (Å²) in [5.41, 5.74) is 7.84. The molecule has 8 rings (SSSR count). The van der Waals surface area contributed by atoms with Gasteiger partial charge >= 0.3 is 0 Å². The Kier molecular flexibility index (Phi) is 3.76. The Morgan fingerprint density at radius 1 is 0.639 bits per heavy atom. The number of benzene rings is 5. The number of aromatic nitrogens is 2. The normalized spacial score (nSPS) is 14.1. The van der Waals surface area contributed by atoms with Crippen molar-refractivity contribution in [2.45, 2.75) is 19.3 Å². The highest BCUT2D eigenvalue weighted by molar-refractivity contribution is 6.21. The first-order valence-corrected chi connectivity index (χ1v) is 12.6. The second-order valence-electron chi connectivity index (χ2n) is 10.5. The van der Waals surface area contributed by atoms with Crippen LogP contribution in [0.25, 0.3) is 60.3 Å². The average Bonchev–Trinajstić information content (AvgIpc) is 3.38. The highest BCUT2D eigenvalue weighted by Crippen LogP contribution is 2.53. The van der Waals surface area contributed by atoms with Crippen molar-refractivity contribution in [1.29, 1.82) is 0 Å².